The Kier molecular flexibility index (Phi) is 6.07. The van der Waals surface area contributed by atoms with Crippen molar-refractivity contribution in [2.75, 3.05) is 0 Å². The zero-order valence-electron chi connectivity index (χ0n) is 8.63. The van der Waals surface area contributed by atoms with E-state index in [-0.39, 0.29) is 0 Å². The monoisotopic (exact) mass is 168 g/mol. The van der Waals surface area contributed by atoms with E-state index in [2.05, 4.69) is 29.8 Å². The van der Waals surface area contributed by atoms with Crippen molar-refractivity contribution >= 4 is 22.0 Å². The van der Waals surface area contributed by atoms with Gasteiger partial charge in [0, 0.05) is 0 Å². The van der Waals surface area contributed by atoms with Gasteiger partial charge in [0.2, 0.25) is 0 Å². The Bertz CT molecular complexity index is 190. The van der Waals surface area contributed by atoms with Gasteiger partial charge in [0.25, 0.3) is 0 Å². The average Bonchev–Trinajstić information content (AvgIpc) is 2.22. The van der Waals surface area contributed by atoms with Crippen LogP contribution in [0.25, 0.3) is 0 Å². The van der Waals surface area contributed by atoms with E-state index in [0.717, 1.165) is 0 Å². The van der Waals surface area contributed by atoms with Gasteiger partial charge in [0.05, 0.1) is 0 Å². The third-order valence-corrected chi connectivity index (χ3v) is 2.44. The van der Waals surface area contributed by atoms with Gasteiger partial charge in [-0.3, -0.25) is 0 Å². The molecule has 2 rings (SSSR count). The maximum atomic E-state index is 2.08. The van der Waals surface area contributed by atoms with Crippen molar-refractivity contribution in [3.05, 3.63) is 30.3 Å². The zero-order valence-corrected chi connectivity index (χ0v) is 8.63. The second kappa shape index (κ2) is 7.24. The van der Waals surface area contributed by atoms with Crippen LogP contribution in [0.15, 0.2) is 30.3 Å². The van der Waals surface area contributed by atoms with E-state index in [1.165, 1.54) is 42.8 Å². The van der Waals surface area contributed by atoms with Crippen LogP contribution in [0.3, 0.4) is 0 Å². The molecule has 0 radical (unpaired) electrons. The molecule has 0 heterocycles. The fourth-order valence-corrected chi connectivity index (χ4v) is 1.60. The minimum atomic E-state index is 1.32. The summed E-state index contributed by atoms with van der Waals surface area (Å²) in [6.07, 6.45) is 9.00. The molecule has 0 atom stereocenters. The SMILES string of the molecule is C1CCCCC1.[Li][c]1ccccc1. The molecule has 0 aromatic heterocycles. The van der Waals surface area contributed by atoms with Crippen LogP contribution in [0.1, 0.15) is 38.5 Å². The summed E-state index contributed by atoms with van der Waals surface area (Å²) in [4.78, 5) is 0. The normalized spacial score (nSPS) is 15.8. The van der Waals surface area contributed by atoms with E-state index in [0.29, 0.717) is 0 Å². The van der Waals surface area contributed by atoms with Gasteiger partial charge in [0.15, 0.2) is 0 Å². The number of benzene rings is 1. The molecule has 0 aliphatic heterocycles. The molecule has 0 N–H and O–H groups in total. The molecule has 1 aromatic carbocycles. The Labute approximate surface area is 90.9 Å². The molecular formula is C12H17Li. The van der Waals surface area contributed by atoms with Gasteiger partial charge in [-0.05, 0) is 0 Å². The third kappa shape index (κ3) is 5.97. The Morgan fingerprint density at radius 2 is 1.08 bits per heavy atom. The van der Waals surface area contributed by atoms with Gasteiger partial charge in [-0.1, -0.05) is 38.5 Å². The number of hydrogen-bond donors (Lipinski definition) is 0. The van der Waals surface area contributed by atoms with Crippen LogP contribution in [-0.2, 0) is 0 Å². The molecule has 13 heavy (non-hydrogen) atoms. The van der Waals surface area contributed by atoms with E-state index in [1.807, 2.05) is 18.2 Å². The van der Waals surface area contributed by atoms with Crippen molar-refractivity contribution in [3.8, 4) is 0 Å². The van der Waals surface area contributed by atoms with E-state index >= 15 is 0 Å². The molecule has 0 unspecified atom stereocenters. The molecular weight excluding hydrogens is 151 g/mol. The van der Waals surface area contributed by atoms with Gasteiger partial charge in [-0.25, -0.2) is 0 Å². The molecule has 1 aliphatic carbocycles. The van der Waals surface area contributed by atoms with Crippen LogP contribution in [-0.4, -0.2) is 17.7 Å². The summed E-state index contributed by atoms with van der Waals surface area (Å²) in [5.41, 5.74) is 0. The van der Waals surface area contributed by atoms with Crippen LogP contribution in [0.5, 0.6) is 0 Å². The summed E-state index contributed by atoms with van der Waals surface area (Å²) in [7, 11) is 0. The second-order valence-electron chi connectivity index (χ2n) is 3.78. The zero-order chi connectivity index (χ0) is 9.36. The Balaban J connectivity index is 0.000000132. The van der Waals surface area contributed by atoms with Crippen molar-refractivity contribution in [1.29, 1.82) is 0 Å². The van der Waals surface area contributed by atoms with Gasteiger partial charge in [0.1, 0.15) is 0 Å². The molecule has 1 saturated carbocycles. The first-order valence-corrected chi connectivity index (χ1v) is 5.41. The van der Waals surface area contributed by atoms with E-state index in [1.54, 1.807) is 0 Å². The van der Waals surface area contributed by atoms with Crippen molar-refractivity contribution < 1.29 is 0 Å². The molecule has 0 saturated heterocycles. The van der Waals surface area contributed by atoms with Gasteiger partial charge < -0.3 is 0 Å². The van der Waals surface area contributed by atoms with Crippen LogP contribution in [0.4, 0.5) is 0 Å². The van der Waals surface area contributed by atoms with Crippen molar-refractivity contribution in [3.63, 3.8) is 0 Å². The van der Waals surface area contributed by atoms with E-state index in [4.69, 9.17) is 0 Å². The Morgan fingerprint density at radius 3 is 1.31 bits per heavy atom. The van der Waals surface area contributed by atoms with Crippen molar-refractivity contribution in [2.45, 2.75) is 38.5 Å². The topological polar surface area (TPSA) is 0 Å². The molecule has 1 aromatic rings. The van der Waals surface area contributed by atoms with E-state index in [9.17, 15) is 0 Å². The standard InChI is InChI=1S/C6H12.C6H5.Li/c2*1-2-4-6-5-3-1;/h1-6H2;1-5H;. The summed E-state index contributed by atoms with van der Waals surface area (Å²) in [5, 5.41) is 0. The fraction of sp³-hybridized carbons (Fsp3) is 0.500. The fourth-order valence-electron chi connectivity index (χ4n) is 1.60. The molecule has 1 fully saturated rings. The molecule has 66 valence electrons. The molecule has 1 aliphatic rings. The summed E-state index contributed by atoms with van der Waals surface area (Å²) < 4.78 is 1.32. The average molecular weight is 168 g/mol. The molecule has 0 spiro atoms. The predicted octanol–water partition coefficient (Wildman–Crippen LogP) is 2.82. The first-order valence-electron chi connectivity index (χ1n) is 5.41. The minimum absolute atomic E-state index is 1.32. The van der Waals surface area contributed by atoms with Crippen LogP contribution in [0.2, 0.25) is 0 Å². The Morgan fingerprint density at radius 1 is 0.692 bits per heavy atom. The molecule has 0 nitrogen and oxygen atoms in total. The van der Waals surface area contributed by atoms with Crippen LogP contribution < -0.4 is 4.24 Å². The number of rotatable bonds is 0. The predicted molar refractivity (Wildman–Crippen MR) is 59.5 cm³/mol. The summed E-state index contributed by atoms with van der Waals surface area (Å²) in [5.74, 6) is 0. The molecule has 0 bridgehead atoms. The van der Waals surface area contributed by atoms with Crippen LogP contribution in [0, 0.1) is 0 Å². The maximum absolute atomic E-state index is 2.08. The Hall–Kier alpha value is -0.183. The quantitative estimate of drug-likeness (QED) is 0.522. The first kappa shape index (κ1) is 10.9. The summed E-state index contributed by atoms with van der Waals surface area (Å²) >= 11 is 2.08. The van der Waals surface area contributed by atoms with Gasteiger partial charge in [-0.15, -0.1) is 0 Å². The van der Waals surface area contributed by atoms with Crippen molar-refractivity contribution in [1.82, 2.24) is 0 Å². The number of hydrogen-bond acceptors (Lipinski definition) is 0. The van der Waals surface area contributed by atoms with Gasteiger partial charge >= 0.3 is 52.3 Å². The summed E-state index contributed by atoms with van der Waals surface area (Å²) in [6.45, 7) is 0. The molecule has 0 amide bonds. The van der Waals surface area contributed by atoms with Crippen LogP contribution >= 0.6 is 0 Å². The summed E-state index contributed by atoms with van der Waals surface area (Å²) in [6, 6.07) is 10.3. The molecule has 1 heteroatoms. The van der Waals surface area contributed by atoms with Crippen molar-refractivity contribution in [2.24, 2.45) is 0 Å². The second-order valence-corrected chi connectivity index (χ2v) is 3.78. The van der Waals surface area contributed by atoms with E-state index < -0.39 is 0 Å². The van der Waals surface area contributed by atoms with Gasteiger partial charge in [-0.2, -0.15) is 0 Å². The first-order chi connectivity index (χ1) is 6.39. The third-order valence-electron chi connectivity index (χ3n) is 2.44.